The monoisotopic (exact) mass is 252 g/mol. The summed E-state index contributed by atoms with van der Waals surface area (Å²) in [5, 5.41) is 0. The Bertz CT molecular complexity index is 627. The molecule has 0 aliphatic carbocycles. The highest BCUT2D eigenvalue weighted by atomic mass is 15.0. The van der Waals surface area contributed by atoms with Crippen molar-refractivity contribution >= 4 is 12.4 Å². The summed E-state index contributed by atoms with van der Waals surface area (Å²) in [6.45, 7) is 13.0. The van der Waals surface area contributed by atoms with Crippen LogP contribution in [0.4, 0.5) is 5.69 Å². The molecule has 0 N–H and O–H groups in total. The molecule has 0 aliphatic rings. The van der Waals surface area contributed by atoms with Gasteiger partial charge < -0.3 is 0 Å². The van der Waals surface area contributed by atoms with Gasteiger partial charge in [-0.2, -0.15) is 9.14 Å². The lowest BCUT2D eigenvalue weighted by Gasteiger charge is -2.05. The lowest BCUT2D eigenvalue weighted by Crippen LogP contribution is -2.34. The molecule has 1 aromatic heterocycles. The molecule has 0 spiro atoms. The zero-order valence-corrected chi connectivity index (χ0v) is 11.6. The molecule has 2 rings (SSSR count). The zero-order valence-electron chi connectivity index (χ0n) is 11.6. The number of benzene rings is 1. The van der Waals surface area contributed by atoms with Crippen LogP contribution in [0.2, 0.25) is 0 Å². The third-order valence-electron chi connectivity index (χ3n) is 3.24. The van der Waals surface area contributed by atoms with Crippen molar-refractivity contribution in [2.75, 3.05) is 0 Å². The van der Waals surface area contributed by atoms with E-state index in [1.807, 2.05) is 6.07 Å². The van der Waals surface area contributed by atoms with Gasteiger partial charge in [-0.05, 0) is 32.1 Å². The van der Waals surface area contributed by atoms with E-state index in [9.17, 15) is 0 Å². The molecule has 2 aromatic rings. The third kappa shape index (κ3) is 2.63. The van der Waals surface area contributed by atoms with Gasteiger partial charge in [-0.25, -0.2) is 0 Å². The van der Waals surface area contributed by atoms with Crippen molar-refractivity contribution in [3.63, 3.8) is 0 Å². The lowest BCUT2D eigenvalue weighted by atomic mass is 10.1. The van der Waals surface area contributed by atoms with Crippen LogP contribution >= 0.6 is 0 Å². The van der Waals surface area contributed by atoms with Gasteiger partial charge in [-0.15, -0.1) is 0 Å². The Morgan fingerprint density at radius 2 is 2.00 bits per heavy atom. The second-order valence-electron chi connectivity index (χ2n) is 4.54. The molecule has 96 valence electrons. The van der Waals surface area contributed by atoms with Gasteiger partial charge in [0.05, 0.1) is 0 Å². The maximum atomic E-state index is 4.00. The molecule has 0 atom stereocenters. The number of rotatable bonds is 4. The molecule has 0 saturated heterocycles. The lowest BCUT2D eigenvalue weighted by molar-refractivity contribution is -0.682. The van der Waals surface area contributed by atoms with Crippen molar-refractivity contribution in [1.82, 2.24) is 0 Å². The highest BCUT2D eigenvalue weighted by molar-refractivity contribution is 5.69. The Kier molecular flexibility index (Phi) is 3.91. The molecule has 0 bridgehead atoms. The first-order chi connectivity index (χ1) is 9.17. The minimum Gasteiger partial charge on any atom is -0.198 e. The largest absolute Gasteiger partial charge is 0.224 e. The quantitative estimate of drug-likeness (QED) is 0.581. The molecule has 2 nitrogen and oxygen atoms in total. The summed E-state index contributed by atoms with van der Waals surface area (Å²) in [5.74, 6) is 0. The molecular weight excluding hydrogens is 232 g/mol. The maximum absolute atomic E-state index is 4.00. The van der Waals surface area contributed by atoms with Gasteiger partial charge in [0.2, 0.25) is 11.4 Å². The first kappa shape index (κ1) is 13.2. The van der Waals surface area contributed by atoms with Crippen LogP contribution in [0.5, 0.6) is 0 Å². The summed E-state index contributed by atoms with van der Waals surface area (Å²) in [4.78, 5) is 0. The second-order valence-corrected chi connectivity index (χ2v) is 4.54. The summed E-state index contributed by atoms with van der Waals surface area (Å²) in [6.07, 6.45) is 3.85. The van der Waals surface area contributed by atoms with Gasteiger partial charge in [0.25, 0.3) is 0 Å². The summed E-state index contributed by atoms with van der Waals surface area (Å²) >= 11 is 0. The van der Waals surface area contributed by atoms with Crippen molar-refractivity contribution in [3.8, 4) is 11.3 Å². The zero-order chi connectivity index (χ0) is 13.8. The number of para-hydroxylation sites is 1. The number of hydrogen-bond acceptors (Lipinski definition) is 0. The molecule has 2 heteroatoms. The van der Waals surface area contributed by atoms with Crippen LogP contribution in [0.15, 0.2) is 55.4 Å². The van der Waals surface area contributed by atoms with Crippen LogP contribution in [-0.2, 0) is 6.54 Å². The number of aryl methyl sites for hydroxylation is 2. The molecular formula is C17H20N2+2. The van der Waals surface area contributed by atoms with Crippen LogP contribution in [-0.4, -0.2) is 11.3 Å². The van der Waals surface area contributed by atoms with Gasteiger partial charge in [0.1, 0.15) is 18.8 Å². The van der Waals surface area contributed by atoms with E-state index >= 15 is 0 Å². The topological polar surface area (TPSA) is 6.89 Å². The van der Waals surface area contributed by atoms with E-state index in [1.165, 1.54) is 16.8 Å². The fourth-order valence-electron chi connectivity index (χ4n) is 2.18. The summed E-state index contributed by atoms with van der Waals surface area (Å²) in [5.41, 5.74) is 4.69. The Labute approximate surface area is 115 Å². The van der Waals surface area contributed by atoms with Gasteiger partial charge in [-0.3, -0.25) is 0 Å². The van der Waals surface area contributed by atoms with E-state index in [-0.39, 0.29) is 0 Å². The van der Waals surface area contributed by atoms with Crippen LogP contribution in [0, 0.1) is 6.92 Å². The normalized spacial score (nSPS) is 10.2. The third-order valence-corrected chi connectivity index (χ3v) is 3.24. The van der Waals surface area contributed by atoms with E-state index in [0.717, 1.165) is 12.2 Å². The predicted molar refractivity (Wildman–Crippen MR) is 79.7 cm³/mol. The average molecular weight is 252 g/mol. The van der Waals surface area contributed by atoms with Crippen molar-refractivity contribution in [2.45, 2.75) is 20.4 Å². The molecule has 1 aromatic carbocycles. The van der Waals surface area contributed by atoms with Crippen LogP contribution < -0.4 is 4.57 Å². The van der Waals surface area contributed by atoms with Crippen LogP contribution in [0.1, 0.15) is 12.5 Å². The smallest absolute Gasteiger partial charge is 0.198 e. The average Bonchev–Trinajstić information content (AvgIpc) is 2.46. The van der Waals surface area contributed by atoms with Crippen molar-refractivity contribution in [1.29, 1.82) is 0 Å². The Morgan fingerprint density at radius 1 is 1.26 bits per heavy atom. The Balaban J connectivity index is 2.68. The number of pyridine rings is 1. The standard InChI is InChI=1S/C17H20N2/c1-5-18(4)16-10-8-7-9-15(16)17-13-14(3)11-12-19(17)6-2/h5,7-13H,1,4,6H2,2-3H3/q+2. The predicted octanol–water partition coefficient (Wildman–Crippen LogP) is 3.46. The number of nitrogens with zero attached hydrogens (tertiary/aromatic N) is 2. The number of hydrogen-bond donors (Lipinski definition) is 0. The summed E-state index contributed by atoms with van der Waals surface area (Å²) < 4.78 is 4.04. The van der Waals surface area contributed by atoms with Gasteiger partial charge in [-0.1, -0.05) is 12.1 Å². The van der Waals surface area contributed by atoms with E-state index in [0.29, 0.717) is 0 Å². The minimum absolute atomic E-state index is 0.940. The summed E-state index contributed by atoms with van der Waals surface area (Å²) in [7, 11) is 0. The highest BCUT2D eigenvalue weighted by Crippen LogP contribution is 2.27. The van der Waals surface area contributed by atoms with Crippen molar-refractivity contribution in [3.05, 3.63) is 60.9 Å². The van der Waals surface area contributed by atoms with Gasteiger partial charge in [0.15, 0.2) is 12.4 Å². The first-order valence-electron chi connectivity index (χ1n) is 6.49. The van der Waals surface area contributed by atoms with Crippen LogP contribution in [0.3, 0.4) is 0 Å². The summed E-state index contributed by atoms with van der Waals surface area (Å²) in [6, 6.07) is 12.6. The van der Waals surface area contributed by atoms with E-state index < -0.39 is 0 Å². The molecule has 0 fully saturated rings. The Hall–Kier alpha value is -2.22. The fourth-order valence-corrected chi connectivity index (χ4v) is 2.18. The Morgan fingerprint density at radius 3 is 2.68 bits per heavy atom. The van der Waals surface area contributed by atoms with Crippen molar-refractivity contribution < 1.29 is 9.14 Å². The second kappa shape index (κ2) is 5.61. The van der Waals surface area contributed by atoms with Gasteiger partial charge in [0, 0.05) is 18.2 Å². The minimum atomic E-state index is 0.940. The molecule has 1 heterocycles. The fraction of sp³-hybridized carbons (Fsp3) is 0.176. The molecule has 19 heavy (non-hydrogen) atoms. The molecule has 0 radical (unpaired) electrons. The highest BCUT2D eigenvalue weighted by Gasteiger charge is 2.20. The molecule has 0 saturated carbocycles. The van der Waals surface area contributed by atoms with Crippen molar-refractivity contribution in [2.24, 2.45) is 0 Å². The van der Waals surface area contributed by atoms with E-state index in [2.05, 4.69) is 68.2 Å². The van der Waals surface area contributed by atoms with Crippen LogP contribution in [0.25, 0.3) is 11.3 Å². The SMILES string of the molecule is C=C[N+](=C)c1ccccc1-c1cc(C)cc[n+]1CC. The van der Waals surface area contributed by atoms with E-state index in [4.69, 9.17) is 0 Å². The molecule has 0 aliphatic heterocycles. The van der Waals surface area contributed by atoms with Gasteiger partial charge >= 0.3 is 0 Å². The molecule has 0 unspecified atom stereocenters. The molecule has 0 amide bonds. The maximum Gasteiger partial charge on any atom is 0.224 e. The first-order valence-corrected chi connectivity index (χ1v) is 6.49. The van der Waals surface area contributed by atoms with E-state index in [1.54, 1.807) is 10.8 Å². The number of aromatic nitrogens is 1.